The van der Waals surface area contributed by atoms with Gasteiger partial charge in [0.15, 0.2) is 6.61 Å². The zero-order chi connectivity index (χ0) is 26.3. The van der Waals surface area contributed by atoms with Crippen LogP contribution in [-0.2, 0) is 19.2 Å². The molecule has 2 aromatic carbocycles. The Morgan fingerprint density at radius 1 is 1.08 bits per heavy atom. The minimum atomic E-state index is -1.32. The molecule has 10 nitrogen and oxygen atoms in total. The van der Waals surface area contributed by atoms with Gasteiger partial charge in [0, 0.05) is 22.0 Å². The largest absolute Gasteiger partial charge is 0.483 e. The van der Waals surface area contributed by atoms with Crippen molar-refractivity contribution in [3.63, 3.8) is 0 Å². The number of thiazole rings is 1. The molecule has 0 radical (unpaired) electrons. The quantitative estimate of drug-likeness (QED) is 0.385. The highest BCUT2D eigenvalue weighted by molar-refractivity contribution is 8.00. The Balaban J connectivity index is 1.46. The predicted octanol–water partition coefficient (Wildman–Crippen LogP) is 2.27. The molecule has 0 unspecified atom stereocenters. The summed E-state index contributed by atoms with van der Waals surface area (Å²) < 4.78 is 18.9. The van der Waals surface area contributed by atoms with Gasteiger partial charge in [-0.3, -0.25) is 28.9 Å². The summed E-state index contributed by atoms with van der Waals surface area (Å²) in [6, 6.07) is 11.9. The fourth-order valence-corrected chi connectivity index (χ4v) is 6.97. The van der Waals surface area contributed by atoms with Crippen molar-refractivity contribution in [2.45, 2.75) is 16.2 Å². The molecule has 3 atom stereocenters. The smallest absolute Gasteiger partial charge is 0.323 e. The van der Waals surface area contributed by atoms with Crippen LogP contribution in [0.2, 0.25) is 0 Å². The Morgan fingerprint density at radius 3 is 2.54 bits per heavy atom. The van der Waals surface area contributed by atoms with Crippen LogP contribution in [0, 0.1) is 11.7 Å². The number of halogens is 1. The molecule has 1 aromatic heterocycles. The van der Waals surface area contributed by atoms with Crippen molar-refractivity contribution in [2.24, 2.45) is 5.92 Å². The molecule has 190 valence electrons. The molecule has 2 aliphatic heterocycles. The first kappa shape index (κ1) is 24.7. The molecule has 3 amide bonds. The molecule has 0 spiro atoms. The summed E-state index contributed by atoms with van der Waals surface area (Å²) in [5.74, 6) is -5.04. The second kappa shape index (κ2) is 9.82. The number of hydrogen-bond donors (Lipinski definition) is 3. The number of anilines is 1. The number of carbonyl (C=O) groups excluding carboxylic acids is 3. The summed E-state index contributed by atoms with van der Waals surface area (Å²) in [6.45, 7) is -1.16. The van der Waals surface area contributed by atoms with E-state index in [0.29, 0.717) is 21.2 Å². The predicted molar refractivity (Wildman–Crippen MR) is 131 cm³/mol. The standard InChI is InChI=1S/C24H18FN3O7S2/c25-11-5-7-12(8-6-11)26-15(29)10-35-14-4-2-1-3-13(14)17-18-20(36-21-19(17)37-24(34)27-21)23(33)28(22(18)32)9-16(30)31/h1-8,17-18,20H,9-10H2,(H,26,29)(H,27,34)(H,30,31)/t17-,18+,20-/m0/s1. The van der Waals surface area contributed by atoms with E-state index in [4.69, 9.17) is 4.74 Å². The number of aromatic amines is 1. The number of rotatable bonds is 7. The van der Waals surface area contributed by atoms with Crippen LogP contribution in [-0.4, -0.2) is 57.1 Å². The van der Waals surface area contributed by atoms with E-state index in [1.807, 2.05) is 0 Å². The zero-order valence-electron chi connectivity index (χ0n) is 18.8. The molecule has 5 rings (SSSR count). The van der Waals surface area contributed by atoms with Crippen molar-refractivity contribution in [2.75, 3.05) is 18.5 Å². The summed E-state index contributed by atoms with van der Waals surface area (Å²) in [5, 5.41) is 11.3. The molecule has 0 aliphatic carbocycles. The maximum atomic E-state index is 13.3. The third-order valence-corrected chi connectivity index (χ3v) is 8.35. The first-order valence-electron chi connectivity index (χ1n) is 11.0. The second-order valence-corrected chi connectivity index (χ2v) is 10.5. The monoisotopic (exact) mass is 543 g/mol. The fourth-order valence-electron chi connectivity index (χ4n) is 4.44. The average molecular weight is 544 g/mol. The van der Waals surface area contributed by atoms with Crippen LogP contribution >= 0.6 is 23.1 Å². The van der Waals surface area contributed by atoms with Crippen LogP contribution in [0.3, 0.4) is 0 Å². The van der Waals surface area contributed by atoms with Crippen LogP contribution in [0.5, 0.6) is 5.75 Å². The zero-order valence-corrected chi connectivity index (χ0v) is 20.4. The minimum absolute atomic E-state index is 0.260. The number of aliphatic carboxylic acids is 1. The molecular formula is C24H18FN3O7S2. The molecule has 3 heterocycles. The lowest BCUT2D eigenvalue weighted by Crippen LogP contribution is -2.36. The SMILES string of the molecule is O=C(O)CN1C(=O)[C@@H]2[C@H](c3ccccc3OCC(=O)Nc3ccc(F)cc3)c3sc(=O)[nH]c3S[C@@H]2C1=O. The van der Waals surface area contributed by atoms with E-state index in [1.165, 1.54) is 24.3 Å². The summed E-state index contributed by atoms with van der Waals surface area (Å²) >= 11 is 1.93. The molecule has 3 aromatic rings. The molecule has 1 fully saturated rings. The van der Waals surface area contributed by atoms with Crippen molar-refractivity contribution >= 4 is 52.5 Å². The van der Waals surface area contributed by atoms with Crippen molar-refractivity contribution < 1.29 is 33.4 Å². The number of amides is 3. The number of carboxylic acids is 1. The Morgan fingerprint density at radius 2 is 1.81 bits per heavy atom. The van der Waals surface area contributed by atoms with Gasteiger partial charge in [-0.1, -0.05) is 41.3 Å². The Kier molecular flexibility index (Phi) is 6.56. The van der Waals surface area contributed by atoms with E-state index in [1.54, 1.807) is 24.3 Å². The van der Waals surface area contributed by atoms with Gasteiger partial charge < -0.3 is 20.1 Å². The van der Waals surface area contributed by atoms with E-state index >= 15 is 0 Å². The van der Waals surface area contributed by atoms with E-state index in [0.717, 1.165) is 28.0 Å². The molecule has 1 saturated heterocycles. The van der Waals surface area contributed by atoms with Crippen LogP contribution in [0.4, 0.5) is 10.1 Å². The highest BCUT2D eigenvalue weighted by Gasteiger charge is 2.56. The van der Waals surface area contributed by atoms with Crippen molar-refractivity contribution in [3.8, 4) is 5.75 Å². The maximum absolute atomic E-state index is 13.3. The number of para-hydroxylation sites is 1. The lowest BCUT2D eigenvalue weighted by Gasteiger charge is -2.30. The van der Waals surface area contributed by atoms with Gasteiger partial charge in [0.1, 0.15) is 23.4 Å². The van der Waals surface area contributed by atoms with E-state index in [2.05, 4.69) is 10.3 Å². The van der Waals surface area contributed by atoms with Crippen LogP contribution < -0.4 is 14.9 Å². The molecule has 2 aliphatic rings. The van der Waals surface area contributed by atoms with Gasteiger partial charge in [-0.2, -0.15) is 0 Å². The number of thioether (sulfide) groups is 1. The van der Waals surface area contributed by atoms with Gasteiger partial charge in [-0.05, 0) is 30.3 Å². The van der Waals surface area contributed by atoms with E-state index < -0.39 is 59.7 Å². The van der Waals surface area contributed by atoms with Crippen LogP contribution in [0.1, 0.15) is 16.4 Å². The number of H-pyrrole nitrogens is 1. The third-order valence-electron chi connectivity index (χ3n) is 5.95. The number of imide groups is 1. The molecular weight excluding hydrogens is 525 g/mol. The lowest BCUT2D eigenvalue weighted by molar-refractivity contribution is -0.149. The summed E-state index contributed by atoms with van der Waals surface area (Å²) in [7, 11) is 0. The second-order valence-electron chi connectivity index (χ2n) is 8.29. The lowest BCUT2D eigenvalue weighted by atomic mass is 9.82. The number of hydrogen-bond acceptors (Lipinski definition) is 8. The molecule has 13 heteroatoms. The average Bonchev–Trinajstić information content (AvgIpc) is 3.35. The van der Waals surface area contributed by atoms with Gasteiger partial charge in [0.05, 0.1) is 10.9 Å². The number of benzene rings is 2. The first-order chi connectivity index (χ1) is 17.7. The van der Waals surface area contributed by atoms with Crippen molar-refractivity contribution in [3.05, 3.63) is 74.5 Å². The van der Waals surface area contributed by atoms with E-state index in [9.17, 15) is 33.5 Å². The molecule has 37 heavy (non-hydrogen) atoms. The van der Waals surface area contributed by atoms with Gasteiger partial charge in [0.2, 0.25) is 11.8 Å². The van der Waals surface area contributed by atoms with Gasteiger partial charge >= 0.3 is 10.8 Å². The van der Waals surface area contributed by atoms with E-state index in [-0.39, 0.29) is 10.6 Å². The first-order valence-corrected chi connectivity index (χ1v) is 12.7. The number of carboxylic acid groups (broad SMARTS) is 1. The van der Waals surface area contributed by atoms with Gasteiger partial charge in [0.25, 0.3) is 5.91 Å². The summed E-state index contributed by atoms with van der Waals surface area (Å²) in [4.78, 5) is 65.8. The number of fused-ring (bicyclic) bond motifs is 2. The molecule has 0 saturated carbocycles. The highest BCUT2D eigenvalue weighted by Crippen LogP contribution is 2.53. The van der Waals surface area contributed by atoms with Crippen LogP contribution in [0.25, 0.3) is 0 Å². The van der Waals surface area contributed by atoms with Gasteiger partial charge in [-0.25, -0.2) is 4.39 Å². The molecule has 3 N–H and O–H groups in total. The normalized spacial score (nSPS) is 20.4. The number of carbonyl (C=O) groups is 4. The van der Waals surface area contributed by atoms with Crippen LogP contribution in [0.15, 0.2) is 58.4 Å². The summed E-state index contributed by atoms with van der Waals surface area (Å²) in [6.07, 6.45) is 0. The Bertz CT molecular complexity index is 1470. The third kappa shape index (κ3) is 4.74. The van der Waals surface area contributed by atoms with Crippen molar-refractivity contribution in [1.82, 2.24) is 9.88 Å². The highest BCUT2D eigenvalue weighted by atomic mass is 32.2. The maximum Gasteiger partial charge on any atom is 0.323 e. The number of aromatic nitrogens is 1. The Labute approximate surface area is 216 Å². The minimum Gasteiger partial charge on any atom is -0.483 e. The number of nitrogens with one attached hydrogen (secondary N) is 2. The number of nitrogens with zero attached hydrogens (tertiary/aromatic N) is 1. The topological polar surface area (TPSA) is 146 Å². The van der Waals surface area contributed by atoms with Gasteiger partial charge in [-0.15, -0.1) is 0 Å². The number of ether oxygens (including phenoxy) is 1. The Hall–Kier alpha value is -3.97. The van der Waals surface area contributed by atoms with Crippen molar-refractivity contribution in [1.29, 1.82) is 0 Å². The number of likely N-dealkylation sites (tertiary alicyclic amines) is 1. The fraction of sp³-hybridized carbons (Fsp3) is 0.208. The molecule has 0 bridgehead atoms. The summed E-state index contributed by atoms with van der Waals surface area (Å²) in [5.41, 5.74) is 0.855.